The van der Waals surface area contributed by atoms with Crippen LogP contribution in [-0.4, -0.2) is 17.8 Å². The maximum atomic E-state index is 14.2. The van der Waals surface area contributed by atoms with Crippen LogP contribution in [0.3, 0.4) is 0 Å². The number of pyridine rings is 1. The van der Waals surface area contributed by atoms with Gasteiger partial charge in [0.25, 0.3) is 10.0 Å². The standard InChI is InChI=1S/C23H19F4N3O2S/c1-15-7-6-10-21-28-22(16(2)30(15)21)29(33(31,32)18-8-4-3-5-9-18)14-17-11-12-19(20(24)13-17)23(25,26)27/h3-13H,14H2,1-2H3. The van der Waals surface area contributed by atoms with Gasteiger partial charge < -0.3 is 0 Å². The second-order valence-corrected chi connectivity index (χ2v) is 9.38. The molecule has 0 bridgehead atoms. The van der Waals surface area contributed by atoms with E-state index in [9.17, 15) is 26.0 Å². The number of hydrogen-bond acceptors (Lipinski definition) is 3. The first kappa shape index (κ1) is 22.8. The zero-order valence-corrected chi connectivity index (χ0v) is 18.5. The zero-order chi connectivity index (χ0) is 24.0. The van der Waals surface area contributed by atoms with Crippen molar-refractivity contribution in [3.05, 3.63) is 95.1 Å². The maximum absolute atomic E-state index is 14.2. The number of benzene rings is 2. The fraction of sp³-hybridized carbons (Fsp3) is 0.174. The van der Waals surface area contributed by atoms with Crippen LogP contribution in [0.5, 0.6) is 0 Å². The Morgan fingerprint density at radius 1 is 0.970 bits per heavy atom. The van der Waals surface area contributed by atoms with Gasteiger partial charge in [-0.3, -0.25) is 4.40 Å². The molecule has 4 aromatic rings. The Kier molecular flexibility index (Phi) is 5.65. The normalized spacial score (nSPS) is 12.3. The molecule has 0 unspecified atom stereocenters. The number of aromatic nitrogens is 2. The Balaban J connectivity index is 1.88. The molecule has 0 radical (unpaired) electrons. The second kappa shape index (κ2) is 8.18. The summed E-state index contributed by atoms with van der Waals surface area (Å²) in [6.07, 6.45) is -4.85. The lowest BCUT2D eigenvalue weighted by molar-refractivity contribution is -0.140. The predicted molar refractivity (Wildman–Crippen MR) is 116 cm³/mol. The first-order valence-corrected chi connectivity index (χ1v) is 11.3. The number of sulfonamides is 1. The van der Waals surface area contributed by atoms with Gasteiger partial charge in [0.15, 0.2) is 5.82 Å². The molecule has 0 aliphatic rings. The summed E-state index contributed by atoms with van der Waals surface area (Å²) < 4.78 is 83.0. The van der Waals surface area contributed by atoms with E-state index < -0.39 is 34.1 Å². The zero-order valence-electron chi connectivity index (χ0n) is 17.6. The topological polar surface area (TPSA) is 54.7 Å². The number of fused-ring (bicyclic) bond motifs is 1. The Morgan fingerprint density at radius 2 is 1.67 bits per heavy atom. The lowest BCUT2D eigenvalue weighted by Crippen LogP contribution is -2.31. The van der Waals surface area contributed by atoms with Crippen LogP contribution in [0.1, 0.15) is 22.5 Å². The first-order valence-electron chi connectivity index (χ1n) is 9.88. The third-order valence-corrected chi connectivity index (χ3v) is 7.03. The van der Waals surface area contributed by atoms with Gasteiger partial charge in [-0.05, 0) is 55.8 Å². The van der Waals surface area contributed by atoms with E-state index in [1.54, 1.807) is 41.7 Å². The minimum atomic E-state index is -4.85. The minimum Gasteiger partial charge on any atom is -0.299 e. The molecule has 0 saturated carbocycles. The smallest absolute Gasteiger partial charge is 0.299 e. The number of aryl methyl sites for hydroxylation is 2. The third-order valence-electron chi connectivity index (χ3n) is 5.28. The summed E-state index contributed by atoms with van der Waals surface area (Å²) in [6, 6.07) is 15.3. The number of alkyl halides is 3. The Morgan fingerprint density at radius 3 is 2.27 bits per heavy atom. The molecule has 0 aliphatic carbocycles. The summed E-state index contributed by atoms with van der Waals surface area (Å²) in [7, 11) is -4.17. The van der Waals surface area contributed by atoms with Crippen molar-refractivity contribution in [2.45, 2.75) is 31.5 Å². The van der Waals surface area contributed by atoms with Crippen LogP contribution in [0, 0.1) is 19.7 Å². The van der Waals surface area contributed by atoms with E-state index in [2.05, 4.69) is 4.98 Å². The Bertz CT molecular complexity index is 1430. The monoisotopic (exact) mass is 477 g/mol. The Labute approximate surface area is 188 Å². The number of rotatable bonds is 5. The summed E-state index contributed by atoms with van der Waals surface area (Å²) >= 11 is 0. The molecular weight excluding hydrogens is 458 g/mol. The van der Waals surface area contributed by atoms with E-state index in [1.807, 2.05) is 13.0 Å². The molecule has 0 saturated heterocycles. The van der Waals surface area contributed by atoms with Crippen molar-refractivity contribution in [1.29, 1.82) is 0 Å². The number of imidazole rings is 1. The molecule has 0 fully saturated rings. The predicted octanol–water partition coefficient (Wildman–Crippen LogP) is 5.50. The van der Waals surface area contributed by atoms with Crippen molar-refractivity contribution in [2.24, 2.45) is 0 Å². The van der Waals surface area contributed by atoms with E-state index in [0.717, 1.165) is 16.1 Å². The molecule has 0 spiro atoms. The number of anilines is 1. The van der Waals surface area contributed by atoms with Crippen LogP contribution in [0.25, 0.3) is 5.65 Å². The molecule has 10 heteroatoms. The molecule has 0 aliphatic heterocycles. The highest BCUT2D eigenvalue weighted by molar-refractivity contribution is 7.92. The van der Waals surface area contributed by atoms with E-state index >= 15 is 0 Å². The van der Waals surface area contributed by atoms with Crippen molar-refractivity contribution >= 4 is 21.5 Å². The van der Waals surface area contributed by atoms with Crippen molar-refractivity contribution in [3.63, 3.8) is 0 Å². The van der Waals surface area contributed by atoms with Crippen LogP contribution in [0.15, 0.2) is 71.6 Å². The van der Waals surface area contributed by atoms with Crippen LogP contribution < -0.4 is 4.31 Å². The summed E-state index contributed by atoms with van der Waals surface area (Å²) in [4.78, 5) is 4.45. The van der Waals surface area contributed by atoms with Crippen molar-refractivity contribution < 1.29 is 26.0 Å². The molecule has 33 heavy (non-hydrogen) atoms. The van der Waals surface area contributed by atoms with Gasteiger partial charge in [0.2, 0.25) is 0 Å². The van der Waals surface area contributed by atoms with E-state index in [1.165, 1.54) is 12.1 Å². The maximum Gasteiger partial charge on any atom is 0.419 e. The number of halogens is 4. The summed E-state index contributed by atoms with van der Waals surface area (Å²) in [5.74, 6) is -1.37. The average Bonchev–Trinajstić information content (AvgIpc) is 3.09. The van der Waals surface area contributed by atoms with E-state index in [4.69, 9.17) is 0 Å². The van der Waals surface area contributed by atoms with Gasteiger partial charge >= 0.3 is 6.18 Å². The summed E-state index contributed by atoms with van der Waals surface area (Å²) in [6.45, 7) is 3.13. The highest BCUT2D eigenvalue weighted by atomic mass is 32.2. The quantitative estimate of drug-likeness (QED) is 0.357. The minimum absolute atomic E-state index is 0.0226. The average molecular weight is 477 g/mol. The van der Waals surface area contributed by atoms with Crippen molar-refractivity contribution in [1.82, 2.24) is 9.38 Å². The molecule has 172 valence electrons. The van der Waals surface area contributed by atoms with Gasteiger partial charge in [-0.25, -0.2) is 22.1 Å². The van der Waals surface area contributed by atoms with Crippen molar-refractivity contribution in [3.8, 4) is 0 Å². The van der Waals surface area contributed by atoms with E-state index in [0.29, 0.717) is 23.5 Å². The van der Waals surface area contributed by atoms with Crippen LogP contribution in [0.2, 0.25) is 0 Å². The molecule has 0 N–H and O–H groups in total. The number of hydrogen-bond donors (Lipinski definition) is 0. The van der Waals surface area contributed by atoms with Gasteiger partial charge in [0, 0.05) is 5.69 Å². The second-order valence-electron chi connectivity index (χ2n) is 7.52. The van der Waals surface area contributed by atoms with E-state index in [-0.39, 0.29) is 16.3 Å². The summed E-state index contributed by atoms with van der Waals surface area (Å²) in [5.41, 5.74) is 0.488. The fourth-order valence-electron chi connectivity index (χ4n) is 3.70. The first-order chi connectivity index (χ1) is 15.5. The number of nitrogens with zero attached hydrogens (tertiary/aromatic N) is 3. The fourth-order valence-corrected chi connectivity index (χ4v) is 5.17. The molecule has 2 heterocycles. The molecule has 4 rings (SSSR count). The third kappa shape index (κ3) is 4.18. The molecule has 2 aromatic carbocycles. The van der Waals surface area contributed by atoms with Gasteiger partial charge in [0.05, 0.1) is 22.7 Å². The van der Waals surface area contributed by atoms with Gasteiger partial charge in [-0.2, -0.15) is 13.2 Å². The lowest BCUT2D eigenvalue weighted by Gasteiger charge is -2.23. The lowest BCUT2D eigenvalue weighted by atomic mass is 10.1. The van der Waals surface area contributed by atoms with Gasteiger partial charge in [-0.15, -0.1) is 0 Å². The summed E-state index contributed by atoms with van der Waals surface area (Å²) in [5, 5.41) is 0. The van der Waals surface area contributed by atoms with Crippen LogP contribution >= 0.6 is 0 Å². The van der Waals surface area contributed by atoms with Crippen LogP contribution in [-0.2, 0) is 22.7 Å². The molecule has 0 amide bonds. The van der Waals surface area contributed by atoms with Crippen LogP contribution in [0.4, 0.5) is 23.4 Å². The highest BCUT2D eigenvalue weighted by Crippen LogP contribution is 2.33. The molecule has 2 aromatic heterocycles. The molecule has 0 atom stereocenters. The van der Waals surface area contributed by atoms with Gasteiger partial charge in [-0.1, -0.05) is 30.3 Å². The SMILES string of the molecule is Cc1cccc2nc(N(Cc3ccc(C(F)(F)F)c(F)c3)S(=O)(=O)c3ccccc3)c(C)n12. The van der Waals surface area contributed by atoms with Crippen molar-refractivity contribution in [2.75, 3.05) is 4.31 Å². The highest BCUT2D eigenvalue weighted by Gasteiger charge is 2.35. The molecule has 5 nitrogen and oxygen atoms in total. The largest absolute Gasteiger partial charge is 0.419 e. The Hall–Kier alpha value is -3.40. The van der Waals surface area contributed by atoms with Gasteiger partial charge in [0.1, 0.15) is 11.5 Å². The molecular formula is C23H19F4N3O2S.